The first-order valence-corrected chi connectivity index (χ1v) is 7.03. The Morgan fingerprint density at radius 3 is 2.90 bits per heavy atom. The Morgan fingerprint density at radius 1 is 1.19 bits per heavy atom. The lowest BCUT2D eigenvalue weighted by Crippen LogP contribution is -2.15. The summed E-state index contributed by atoms with van der Waals surface area (Å²) in [5.74, 6) is -0.484. The van der Waals surface area contributed by atoms with Crippen LogP contribution in [0.2, 0.25) is 0 Å². The van der Waals surface area contributed by atoms with Crippen LogP contribution in [0.5, 0.6) is 0 Å². The van der Waals surface area contributed by atoms with E-state index in [1.54, 1.807) is 12.1 Å². The lowest BCUT2D eigenvalue weighted by molar-refractivity contribution is 0.620. The largest absolute Gasteiger partial charge is 0.377 e. The van der Waals surface area contributed by atoms with E-state index in [9.17, 15) is 4.39 Å². The summed E-state index contributed by atoms with van der Waals surface area (Å²) >= 11 is 0. The summed E-state index contributed by atoms with van der Waals surface area (Å²) in [5.41, 5.74) is 3.07. The number of hydrogen-bond acceptors (Lipinski definition) is 3. The lowest BCUT2D eigenvalue weighted by Gasteiger charge is -2.21. The summed E-state index contributed by atoms with van der Waals surface area (Å²) < 4.78 is 13.7. The molecule has 1 unspecified atom stereocenters. The SMILES string of the molecule is N#Cc1c(F)cccc1NC1CCNCc2ccccc21. The number of fused-ring (bicyclic) bond motifs is 1. The van der Waals surface area contributed by atoms with Crippen molar-refractivity contribution in [3.05, 3.63) is 65.0 Å². The van der Waals surface area contributed by atoms with Crippen LogP contribution in [-0.2, 0) is 6.54 Å². The Hall–Kier alpha value is -2.38. The van der Waals surface area contributed by atoms with Gasteiger partial charge in [0.05, 0.1) is 11.7 Å². The van der Waals surface area contributed by atoms with Crippen LogP contribution < -0.4 is 10.6 Å². The van der Waals surface area contributed by atoms with E-state index < -0.39 is 5.82 Å². The van der Waals surface area contributed by atoms with Crippen LogP contribution in [0.4, 0.5) is 10.1 Å². The standard InChI is InChI=1S/C17H16FN3/c18-15-6-3-7-16(14(15)10-19)21-17-8-9-20-11-12-4-1-2-5-13(12)17/h1-7,17,20-21H,8-9,11H2. The molecule has 0 aliphatic carbocycles. The minimum absolute atomic E-state index is 0.0742. The van der Waals surface area contributed by atoms with Crippen LogP contribution in [0.3, 0.4) is 0 Å². The molecule has 1 aliphatic rings. The van der Waals surface area contributed by atoms with Crippen LogP contribution >= 0.6 is 0 Å². The maximum atomic E-state index is 13.7. The van der Waals surface area contributed by atoms with E-state index in [1.807, 2.05) is 18.2 Å². The first-order chi connectivity index (χ1) is 10.3. The fourth-order valence-electron chi connectivity index (χ4n) is 2.76. The molecule has 21 heavy (non-hydrogen) atoms. The average Bonchev–Trinajstić information content (AvgIpc) is 2.70. The van der Waals surface area contributed by atoms with Crippen molar-refractivity contribution < 1.29 is 4.39 Å². The van der Waals surface area contributed by atoms with Crippen molar-refractivity contribution in [2.45, 2.75) is 19.0 Å². The molecule has 4 heteroatoms. The first kappa shape index (κ1) is 13.6. The molecule has 0 aromatic heterocycles. The third-order valence-corrected chi connectivity index (χ3v) is 3.81. The maximum Gasteiger partial charge on any atom is 0.143 e. The van der Waals surface area contributed by atoms with Crippen molar-refractivity contribution in [2.75, 3.05) is 11.9 Å². The normalized spacial score (nSPS) is 17.4. The average molecular weight is 281 g/mol. The molecule has 0 bridgehead atoms. The third-order valence-electron chi connectivity index (χ3n) is 3.81. The smallest absolute Gasteiger partial charge is 0.143 e. The quantitative estimate of drug-likeness (QED) is 0.887. The summed E-state index contributed by atoms with van der Waals surface area (Å²) in [7, 11) is 0. The molecular formula is C17H16FN3. The molecule has 0 radical (unpaired) electrons. The molecule has 0 spiro atoms. The van der Waals surface area contributed by atoms with Gasteiger partial charge >= 0.3 is 0 Å². The number of nitriles is 1. The van der Waals surface area contributed by atoms with Crippen LogP contribution in [0.15, 0.2) is 42.5 Å². The summed E-state index contributed by atoms with van der Waals surface area (Å²) in [4.78, 5) is 0. The zero-order chi connectivity index (χ0) is 14.7. The van der Waals surface area contributed by atoms with Crippen molar-refractivity contribution in [3.8, 4) is 6.07 Å². The number of hydrogen-bond donors (Lipinski definition) is 2. The molecule has 0 saturated heterocycles. The molecule has 3 rings (SSSR count). The molecular weight excluding hydrogens is 265 g/mol. The van der Waals surface area contributed by atoms with Gasteiger partial charge in [-0.25, -0.2) is 4.39 Å². The minimum atomic E-state index is -0.484. The predicted molar refractivity (Wildman–Crippen MR) is 80.2 cm³/mol. The highest BCUT2D eigenvalue weighted by Gasteiger charge is 2.19. The first-order valence-electron chi connectivity index (χ1n) is 7.03. The van der Waals surface area contributed by atoms with Gasteiger partial charge in [0, 0.05) is 6.54 Å². The molecule has 1 atom stereocenters. The van der Waals surface area contributed by atoms with E-state index in [4.69, 9.17) is 5.26 Å². The van der Waals surface area contributed by atoms with Crippen molar-refractivity contribution in [1.29, 1.82) is 5.26 Å². The van der Waals surface area contributed by atoms with Gasteiger partial charge in [-0.05, 0) is 36.2 Å². The molecule has 2 N–H and O–H groups in total. The minimum Gasteiger partial charge on any atom is -0.377 e. The predicted octanol–water partition coefficient (Wildman–Crippen LogP) is 3.34. The van der Waals surface area contributed by atoms with Gasteiger partial charge in [0.15, 0.2) is 0 Å². The lowest BCUT2D eigenvalue weighted by atomic mass is 9.98. The fraction of sp³-hybridized carbons (Fsp3) is 0.235. The van der Waals surface area contributed by atoms with Crippen molar-refractivity contribution in [3.63, 3.8) is 0 Å². The topological polar surface area (TPSA) is 47.9 Å². The van der Waals surface area contributed by atoms with E-state index in [2.05, 4.69) is 22.8 Å². The van der Waals surface area contributed by atoms with Gasteiger partial charge in [-0.2, -0.15) is 5.26 Å². The molecule has 0 saturated carbocycles. The highest BCUT2D eigenvalue weighted by atomic mass is 19.1. The summed E-state index contributed by atoms with van der Waals surface area (Å²) in [6, 6.07) is 14.9. The van der Waals surface area contributed by atoms with E-state index in [0.717, 1.165) is 19.5 Å². The Labute approximate surface area is 123 Å². The van der Waals surface area contributed by atoms with Gasteiger partial charge < -0.3 is 10.6 Å². The van der Waals surface area contributed by atoms with Gasteiger partial charge in [-0.1, -0.05) is 30.3 Å². The van der Waals surface area contributed by atoms with E-state index in [1.165, 1.54) is 17.2 Å². The van der Waals surface area contributed by atoms with Crippen molar-refractivity contribution >= 4 is 5.69 Å². The number of halogens is 1. The van der Waals surface area contributed by atoms with Gasteiger partial charge in [0.1, 0.15) is 17.4 Å². The third kappa shape index (κ3) is 2.74. The maximum absolute atomic E-state index is 13.7. The van der Waals surface area contributed by atoms with E-state index in [-0.39, 0.29) is 11.6 Å². The van der Waals surface area contributed by atoms with Gasteiger partial charge in [-0.3, -0.25) is 0 Å². The van der Waals surface area contributed by atoms with Crippen molar-refractivity contribution in [2.24, 2.45) is 0 Å². The zero-order valence-corrected chi connectivity index (χ0v) is 11.6. The highest BCUT2D eigenvalue weighted by Crippen LogP contribution is 2.29. The fourth-order valence-corrected chi connectivity index (χ4v) is 2.76. The Balaban J connectivity index is 1.96. The van der Waals surface area contributed by atoms with Crippen LogP contribution in [0.25, 0.3) is 0 Å². The number of nitrogens with zero attached hydrogens (tertiary/aromatic N) is 1. The molecule has 2 aromatic carbocycles. The number of rotatable bonds is 2. The summed E-state index contributed by atoms with van der Waals surface area (Å²) in [6.07, 6.45) is 0.887. The monoisotopic (exact) mass is 281 g/mol. The molecule has 0 fully saturated rings. The van der Waals surface area contributed by atoms with Gasteiger partial charge in [-0.15, -0.1) is 0 Å². The van der Waals surface area contributed by atoms with Crippen LogP contribution in [-0.4, -0.2) is 6.54 Å². The second kappa shape index (κ2) is 5.94. The number of anilines is 1. The Bertz CT molecular complexity index is 691. The van der Waals surface area contributed by atoms with E-state index >= 15 is 0 Å². The Morgan fingerprint density at radius 2 is 2.05 bits per heavy atom. The van der Waals surface area contributed by atoms with Gasteiger partial charge in [0.25, 0.3) is 0 Å². The van der Waals surface area contributed by atoms with Crippen LogP contribution in [0.1, 0.15) is 29.2 Å². The second-order valence-corrected chi connectivity index (χ2v) is 5.14. The van der Waals surface area contributed by atoms with Crippen LogP contribution in [0, 0.1) is 17.1 Å². The summed E-state index contributed by atoms with van der Waals surface area (Å²) in [5, 5.41) is 15.9. The van der Waals surface area contributed by atoms with E-state index in [0.29, 0.717) is 5.69 Å². The summed E-state index contributed by atoms with van der Waals surface area (Å²) in [6.45, 7) is 1.71. The zero-order valence-electron chi connectivity index (χ0n) is 11.6. The molecule has 1 heterocycles. The number of benzene rings is 2. The molecule has 3 nitrogen and oxygen atoms in total. The molecule has 2 aromatic rings. The van der Waals surface area contributed by atoms with Crippen molar-refractivity contribution in [1.82, 2.24) is 5.32 Å². The van der Waals surface area contributed by atoms with Gasteiger partial charge in [0.2, 0.25) is 0 Å². The Kier molecular flexibility index (Phi) is 3.85. The molecule has 1 aliphatic heterocycles. The highest BCUT2D eigenvalue weighted by molar-refractivity contribution is 5.59. The number of nitrogens with one attached hydrogen (secondary N) is 2. The second-order valence-electron chi connectivity index (χ2n) is 5.14. The molecule has 0 amide bonds. The molecule has 106 valence electrons.